The first-order valence-electron chi connectivity index (χ1n) is 12.8. The summed E-state index contributed by atoms with van der Waals surface area (Å²) in [5.41, 5.74) is 0.989. The quantitative estimate of drug-likeness (QED) is 0.331. The molecular formula is C27H41NO6. The van der Waals surface area contributed by atoms with E-state index in [0.717, 1.165) is 5.57 Å². The number of aliphatic hydroxyl groups is 3. The van der Waals surface area contributed by atoms with Gasteiger partial charge in [-0.2, -0.15) is 0 Å². The zero-order valence-corrected chi connectivity index (χ0v) is 20.7. The highest BCUT2D eigenvalue weighted by molar-refractivity contribution is 5.77. The zero-order valence-electron chi connectivity index (χ0n) is 20.7. The lowest BCUT2D eigenvalue weighted by atomic mass is 9.66. The summed E-state index contributed by atoms with van der Waals surface area (Å²) in [5.74, 6) is -0.187. The van der Waals surface area contributed by atoms with Crippen molar-refractivity contribution in [3.63, 3.8) is 0 Å². The number of esters is 1. The first-order valence-corrected chi connectivity index (χ1v) is 12.8. The molecule has 7 heteroatoms. The maximum absolute atomic E-state index is 12.5. The first-order chi connectivity index (χ1) is 16.2. The summed E-state index contributed by atoms with van der Waals surface area (Å²) in [5, 5.41) is 31.3. The van der Waals surface area contributed by atoms with Crippen molar-refractivity contribution in [1.82, 2.24) is 4.90 Å². The van der Waals surface area contributed by atoms with Gasteiger partial charge in [0.15, 0.2) is 0 Å². The third-order valence-electron chi connectivity index (χ3n) is 7.61. The van der Waals surface area contributed by atoms with Gasteiger partial charge in [0.05, 0.1) is 30.7 Å². The van der Waals surface area contributed by atoms with Crippen LogP contribution in [0, 0.1) is 23.7 Å². The molecule has 0 aromatic carbocycles. The van der Waals surface area contributed by atoms with Crippen molar-refractivity contribution in [2.45, 2.75) is 83.7 Å². The van der Waals surface area contributed by atoms with Gasteiger partial charge in [-0.1, -0.05) is 51.2 Å². The number of amides is 1. The molecule has 3 N–H and O–H groups in total. The number of aliphatic hydroxyl groups excluding tert-OH is 3. The molecule has 190 valence electrons. The molecule has 0 saturated carbocycles. The number of nitrogens with zero attached hydrogens (tertiary/aromatic N) is 1. The summed E-state index contributed by atoms with van der Waals surface area (Å²) >= 11 is 0. The van der Waals surface area contributed by atoms with Crippen molar-refractivity contribution in [3.05, 3.63) is 36.0 Å². The summed E-state index contributed by atoms with van der Waals surface area (Å²) in [6.07, 6.45) is 9.63. The Hall–Kier alpha value is -1.96. The monoisotopic (exact) mass is 475 g/mol. The van der Waals surface area contributed by atoms with Gasteiger partial charge in [0, 0.05) is 25.4 Å². The molecule has 2 aliphatic carbocycles. The van der Waals surface area contributed by atoms with Crippen LogP contribution in [0.2, 0.25) is 0 Å². The number of allylic oxidation sites excluding steroid dienone is 2. The van der Waals surface area contributed by atoms with Crippen LogP contribution in [0.1, 0.15) is 59.3 Å². The maximum Gasteiger partial charge on any atom is 0.308 e. The van der Waals surface area contributed by atoms with E-state index in [2.05, 4.69) is 13.0 Å². The van der Waals surface area contributed by atoms with E-state index >= 15 is 0 Å². The van der Waals surface area contributed by atoms with Crippen LogP contribution in [0.15, 0.2) is 36.0 Å². The van der Waals surface area contributed by atoms with Gasteiger partial charge in [0.25, 0.3) is 0 Å². The molecule has 7 nitrogen and oxygen atoms in total. The number of carbonyl (C=O) groups is 2. The lowest BCUT2D eigenvalue weighted by Gasteiger charge is -2.43. The SMILES string of the molecule is CC[C@H](C)C(=O)O[C@H]1C[C@H](O)C=C2C=C[C@H](C)[C@H](CC[C@@H](O)C[C@@H](O)CC(=O)N3CC=CC3)[C@H]21. The van der Waals surface area contributed by atoms with Crippen LogP contribution in [0.5, 0.6) is 0 Å². The van der Waals surface area contributed by atoms with Crippen LogP contribution in [0.3, 0.4) is 0 Å². The van der Waals surface area contributed by atoms with Crippen molar-refractivity contribution in [1.29, 1.82) is 0 Å². The molecule has 1 aliphatic heterocycles. The molecular weight excluding hydrogens is 434 g/mol. The predicted octanol–water partition coefficient (Wildman–Crippen LogP) is 2.75. The second kappa shape index (κ2) is 12.1. The fourth-order valence-electron chi connectivity index (χ4n) is 5.33. The number of ether oxygens (including phenoxy) is 1. The van der Waals surface area contributed by atoms with Crippen LogP contribution in [-0.2, 0) is 14.3 Å². The molecule has 1 amide bonds. The molecule has 3 rings (SSSR count). The molecule has 8 atom stereocenters. The largest absolute Gasteiger partial charge is 0.461 e. The summed E-state index contributed by atoms with van der Waals surface area (Å²) in [7, 11) is 0. The van der Waals surface area contributed by atoms with Gasteiger partial charge in [-0.25, -0.2) is 0 Å². The summed E-state index contributed by atoms with van der Waals surface area (Å²) in [4.78, 5) is 26.4. The molecule has 0 fully saturated rings. The Morgan fingerprint density at radius 3 is 2.59 bits per heavy atom. The lowest BCUT2D eigenvalue weighted by molar-refractivity contribution is -0.159. The van der Waals surface area contributed by atoms with E-state index in [1.807, 2.05) is 38.2 Å². The smallest absolute Gasteiger partial charge is 0.308 e. The lowest BCUT2D eigenvalue weighted by Crippen LogP contribution is -2.43. The van der Waals surface area contributed by atoms with Gasteiger partial charge in [-0.15, -0.1) is 0 Å². The van der Waals surface area contributed by atoms with Crippen molar-refractivity contribution in [3.8, 4) is 0 Å². The highest BCUT2D eigenvalue weighted by Crippen LogP contribution is 2.44. The highest BCUT2D eigenvalue weighted by Gasteiger charge is 2.42. The molecule has 0 saturated heterocycles. The summed E-state index contributed by atoms with van der Waals surface area (Å²) in [6, 6.07) is 0. The Labute approximate surface area is 203 Å². The van der Waals surface area contributed by atoms with Crippen molar-refractivity contribution in [2.75, 3.05) is 13.1 Å². The Morgan fingerprint density at radius 1 is 1.21 bits per heavy atom. The molecule has 0 aromatic heterocycles. The van der Waals surface area contributed by atoms with E-state index in [-0.39, 0.29) is 48.4 Å². The second-order valence-corrected chi connectivity index (χ2v) is 10.3. The fraction of sp³-hybridized carbons (Fsp3) is 0.704. The van der Waals surface area contributed by atoms with E-state index in [4.69, 9.17) is 4.74 Å². The molecule has 3 aliphatic rings. The average molecular weight is 476 g/mol. The normalized spacial score (nSPS) is 30.9. The maximum atomic E-state index is 12.5. The molecule has 0 radical (unpaired) electrons. The van der Waals surface area contributed by atoms with Gasteiger partial charge < -0.3 is 25.0 Å². The minimum absolute atomic E-state index is 0.0162. The molecule has 34 heavy (non-hydrogen) atoms. The van der Waals surface area contributed by atoms with E-state index in [9.17, 15) is 24.9 Å². The fourth-order valence-corrected chi connectivity index (χ4v) is 5.33. The number of carbonyl (C=O) groups excluding carboxylic acids is 2. The Kier molecular flexibility index (Phi) is 9.51. The van der Waals surface area contributed by atoms with E-state index in [0.29, 0.717) is 38.8 Å². The number of hydrogen-bond donors (Lipinski definition) is 3. The minimum Gasteiger partial charge on any atom is -0.461 e. The molecule has 0 spiro atoms. The standard InChI is InChI=1S/C27H41NO6/c1-4-17(2)27(33)34-24-15-21(30)13-19-8-7-18(3)23(26(19)24)10-9-20(29)14-22(31)16-25(32)28-11-5-6-12-28/h5-8,13,17-18,20-24,26,29-31H,4,9-12,14-16H2,1-3H3/t17-,18-,20+,21+,22+,23-,24-,26-/m0/s1. The first kappa shape index (κ1) is 26.6. The molecule has 0 bridgehead atoms. The van der Waals surface area contributed by atoms with Gasteiger partial charge in [0.2, 0.25) is 5.91 Å². The van der Waals surface area contributed by atoms with Crippen LogP contribution in [0.4, 0.5) is 0 Å². The summed E-state index contributed by atoms with van der Waals surface area (Å²) in [6.45, 7) is 7.09. The Balaban J connectivity index is 1.59. The van der Waals surface area contributed by atoms with Gasteiger partial charge in [0.1, 0.15) is 6.10 Å². The van der Waals surface area contributed by atoms with Crippen molar-refractivity contribution in [2.24, 2.45) is 23.7 Å². The van der Waals surface area contributed by atoms with Crippen LogP contribution < -0.4 is 0 Å². The number of fused-ring (bicyclic) bond motifs is 1. The minimum atomic E-state index is -0.878. The summed E-state index contributed by atoms with van der Waals surface area (Å²) < 4.78 is 5.90. The Bertz CT molecular complexity index is 797. The topological polar surface area (TPSA) is 107 Å². The third kappa shape index (κ3) is 6.80. The number of hydrogen-bond acceptors (Lipinski definition) is 6. The predicted molar refractivity (Wildman–Crippen MR) is 130 cm³/mol. The van der Waals surface area contributed by atoms with Crippen LogP contribution >= 0.6 is 0 Å². The van der Waals surface area contributed by atoms with Crippen molar-refractivity contribution < 1.29 is 29.6 Å². The molecule has 0 unspecified atom stereocenters. The van der Waals surface area contributed by atoms with E-state index < -0.39 is 24.4 Å². The van der Waals surface area contributed by atoms with Gasteiger partial charge in [-0.05, 0) is 43.1 Å². The van der Waals surface area contributed by atoms with Crippen molar-refractivity contribution >= 4 is 11.9 Å². The molecule has 0 aromatic rings. The highest BCUT2D eigenvalue weighted by atomic mass is 16.5. The average Bonchev–Trinajstić information content (AvgIpc) is 3.33. The van der Waals surface area contributed by atoms with Gasteiger partial charge >= 0.3 is 5.97 Å². The Morgan fingerprint density at radius 2 is 1.91 bits per heavy atom. The second-order valence-electron chi connectivity index (χ2n) is 10.3. The zero-order chi connectivity index (χ0) is 24.8. The van der Waals surface area contributed by atoms with Gasteiger partial charge in [-0.3, -0.25) is 9.59 Å². The van der Waals surface area contributed by atoms with Crippen LogP contribution in [-0.4, -0.2) is 69.6 Å². The van der Waals surface area contributed by atoms with E-state index in [1.165, 1.54) is 0 Å². The molecule has 1 heterocycles. The van der Waals surface area contributed by atoms with Crippen LogP contribution in [0.25, 0.3) is 0 Å². The number of rotatable bonds is 10. The van der Waals surface area contributed by atoms with E-state index in [1.54, 1.807) is 4.90 Å². The third-order valence-corrected chi connectivity index (χ3v) is 7.61.